The molecule has 0 unspecified atom stereocenters. The van der Waals surface area contributed by atoms with Crippen molar-refractivity contribution < 1.29 is 51.0 Å². The van der Waals surface area contributed by atoms with Gasteiger partial charge in [-0.25, -0.2) is 0 Å². The van der Waals surface area contributed by atoms with Crippen molar-refractivity contribution in [2.45, 2.75) is 59.9 Å². The molecule has 0 atom stereocenters. The molecule has 0 aromatic rings. The first kappa shape index (κ1) is 21.2. The van der Waals surface area contributed by atoms with Crippen LogP contribution in [0, 0.1) is 0 Å². The summed E-state index contributed by atoms with van der Waals surface area (Å²) in [7, 11) is 0. The van der Waals surface area contributed by atoms with Gasteiger partial charge in [0.15, 0.2) is 0 Å². The molecule has 0 rings (SSSR count). The van der Waals surface area contributed by atoms with E-state index in [1.54, 1.807) is 13.8 Å². The average molecular weight is 354 g/mol. The monoisotopic (exact) mass is 354 g/mol. The predicted molar refractivity (Wildman–Crippen MR) is 70.9 cm³/mol. The van der Waals surface area contributed by atoms with Gasteiger partial charge in [-0.05, 0) is 0 Å². The van der Waals surface area contributed by atoms with Gasteiger partial charge in [-0.1, -0.05) is 0 Å². The SMILES string of the molecule is CC(=O)C([O][Ti]([OH])([O]C(C)C)[O]C(C(C)=O)C(C)=O)C(C)=O. The quantitative estimate of drug-likeness (QED) is 0.441. The van der Waals surface area contributed by atoms with E-state index in [-0.39, 0.29) is 0 Å². The normalized spacial score (nSPS) is 12.1. The van der Waals surface area contributed by atoms with Crippen molar-refractivity contribution in [3.05, 3.63) is 0 Å². The molecule has 1 N–H and O–H groups in total. The van der Waals surface area contributed by atoms with Gasteiger partial charge in [-0.3, -0.25) is 0 Å². The van der Waals surface area contributed by atoms with Crippen LogP contribution in [0.5, 0.6) is 0 Å². The summed E-state index contributed by atoms with van der Waals surface area (Å²) in [5.74, 6) is -2.58. The number of hydrogen-bond acceptors (Lipinski definition) is 8. The summed E-state index contributed by atoms with van der Waals surface area (Å²) in [6, 6.07) is 0. The van der Waals surface area contributed by atoms with Crippen LogP contribution >= 0.6 is 0 Å². The number of hydrogen-bond donors (Lipinski definition) is 1. The van der Waals surface area contributed by atoms with E-state index in [0.717, 1.165) is 27.7 Å². The number of ketones is 4. The zero-order valence-electron chi connectivity index (χ0n) is 13.5. The van der Waals surface area contributed by atoms with Crippen LogP contribution in [0.4, 0.5) is 0 Å². The average Bonchev–Trinajstić information content (AvgIpc) is 2.31. The zero-order valence-corrected chi connectivity index (χ0v) is 15.1. The molecule has 0 aromatic heterocycles. The Labute approximate surface area is 134 Å². The Morgan fingerprint density at radius 3 is 1.18 bits per heavy atom. The Morgan fingerprint density at radius 1 is 0.727 bits per heavy atom. The van der Waals surface area contributed by atoms with Crippen LogP contribution < -0.4 is 0 Å². The first-order valence-electron chi connectivity index (χ1n) is 6.67. The molecule has 0 amide bonds. The van der Waals surface area contributed by atoms with E-state index in [1.165, 1.54) is 0 Å². The van der Waals surface area contributed by atoms with Crippen LogP contribution in [-0.2, 0) is 47.3 Å². The van der Waals surface area contributed by atoms with Crippen LogP contribution in [0.2, 0.25) is 0 Å². The summed E-state index contributed by atoms with van der Waals surface area (Å²) in [4.78, 5) is 45.7. The molecule has 9 heteroatoms. The van der Waals surface area contributed by atoms with Gasteiger partial charge in [0.2, 0.25) is 0 Å². The Bertz CT molecular complexity index is 397. The molecule has 0 aliphatic rings. The molecule has 0 radical (unpaired) electrons. The molecule has 8 nitrogen and oxygen atoms in total. The third-order valence-corrected chi connectivity index (χ3v) is 5.26. The van der Waals surface area contributed by atoms with E-state index < -0.39 is 59.6 Å². The van der Waals surface area contributed by atoms with Gasteiger partial charge in [0.1, 0.15) is 0 Å². The van der Waals surface area contributed by atoms with Crippen molar-refractivity contribution in [2.24, 2.45) is 0 Å². The standard InChI is InChI=1S/2C5H7O3.C3H7O.H2O.Ti/c2*1-3(6)5(8)4(2)7;1-3(2)4;;/h2*5H,1-2H3;3H,1-2H3;1H2;/q3*-1;;+4/p-1. The molecule has 0 spiro atoms. The number of carbonyl (C=O) groups excluding carboxylic acids is 4. The third kappa shape index (κ3) is 7.00. The predicted octanol–water partition coefficient (Wildman–Crippen LogP) is 0.344. The van der Waals surface area contributed by atoms with Gasteiger partial charge < -0.3 is 0 Å². The molecule has 0 saturated heterocycles. The molecule has 22 heavy (non-hydrogen) atoms. The van der Waals surface area contributed by atoms with Gasteiger partial charge in [0.05, 0.1) is 0 Å². The minimum absolute atomic E-state index is 0.566. The summed E-state index contributed by atoms with van der Waals surface area (Å²) in [5, 5.41) is 0. The van der Waals surface area contributed by atoms with Crippen molar-refractivity contribution in [3.63, 3.8) is 0 Å². The molecule has 0 aliphatic carbocycles. The van der Waals surface area contributed by atoms with E-state index in [0.29, 0.717) is 0 Å². The van der Waals surface area contributed by atoms with Crippen molar-refractivity contribution >= 4 is 23.1 Å². The molecular weight excluding hydrogens is 332 g/mol. The Morgan fingerprint density at radius 2 is 1.00 bits per heavy atom. The first-order valence-corrected chi connectivity index (χ1v) is 9.28. The van der Waals surface area contributed by atoms with Crippen molar-refractivity contribution in [2.75, 3.05) is 0 Å². The van der Waals surface area contributed by atoms with Gasteiger partial charge >= 0.3 is 134 Å². The third-order valence-electron chi connectivity index (χ3n) is 2.40. The molecule has 0 heterocycles. The van der Waals surface area contributed by atoms with Crippen molar-refractivity contribution in [3.8, 4) is 0 Å². The molecule has 0 bridgehead atoms. The summed E-state index contributed by atoms with van der Waals surface area (Å²) in [6.45, 7) is 7.57. The zero-order chi connectivity index (χ0) is 17.7. The first-order chi connectivity index (χ1) is 9.89. The van der Waals surface area contributed by atoms with E-state index in [9.17, 15) is 22.9 Å². The molecule has 0 aliphatic heterocycles. The van der Waals surface area contributed by atoms with Gasteiger partial charge in [-0.2, -0.15) is 0 Å². The summed E-state index contributed by atoms with van der Waals surface area (Å²) in [6.07, 6.45) is -3.70. The summed E-state index contributed by atoms with van der Waals surface area (Å²) in [5.41, 5.74) is 0. The van der Waals surface area contributed by atoms with Crippen LogP contribution in [0.1, 0.15) is 41.5 Å². The Balaban J connectivity index is 5.46. The Hall–Kier alpha value is -0.766. The van der Waals surface area contributed by atoms with E-state index >= 15 is 0 Å². The van der Waals surface area contributed by atoms with Crippen LogP contribution in [0.3, 0.4) is 0 Å². The van der Waals surface area contributed by atoms with Crippen LogP contribution in [0.15, 0.2) is 0 Å². The summed E-state index contributed by atoms with van der Waals surface area (Å²) < 4.78 is 25.8. The van der Waals surface area contributed by atoms with E-state index in [4.69, 9.17) is 9.96 Å². The van der Waals surface area contributed by atoms with Gasteiger partial charge in [0.25, 0.3) is 0 Å². The molecule has 126 valence electrons. The van der Waals surface area contributed by atoms with E-state index in [2.05, 4.69) is 0 Å². The molecule has 0 saturated carbocycles. The minimum atomic E-state index is -5.16. The van der Waals surface area contributed by atoms with Gasteiger partial charge in [0, 0.05) is 0 Å². The van der Waals surface area contributed by atoms with Crippen molar-refractivity contribution in [1.29, 1.82) is 0 Å². The van der Waals surface area contributed by atoms with Gasteiger partial charge in [-0.15, -0.1) is 0 Å². The van der Waals surface area contributed by atoms with E-state index in [1.807, 2.05) is 0 Å². The van der Waals surface area contributed by atoms with Crippen molar-refractivity contribution in [1.82, 2.24) is 0 Å². The number of carbonyl (C=O) groups is 4. The maximum atomic E-state index is 11.4. The molecular formula is C13H22O8Ti. The Kier molecular flexibility index (Phi) is 8.45. The second-order valence-electron chi connectivity index (χ2n) is 5.13. The fourth-order valence-electron chi connectivity index (χ4n) is 1.58. The number of rotatable bonds is 10. The molecule has 0 fully saturated rings. The maximum absolute atomic E-state index is 11.4. The van der Waals surface area contributed by atoms with Crippen LogP contribution in [-0.4, -0.2) is 45.1 Å². The second-order valence-corrected chi connectivity index (χ2v) is 7.87. The molecule has 0 aromatic carbocycles. The fourth-order valence-corrected chi connectivity index (χ4v) is 4.74. The summed E-state index contributed by atoms with van der Waals surface area (Å²) >= 11 is -5.16. The fraction of sp³-hybridized carbons (Fsp3) is 0.692. The number of Topliss-reactive ketones (excluding diaryl/α,β-unsaturated/α-hetero) is 4. The second kappa shape index (κ2) is 8.76. The van der Waals surface area contributed by atoms with Crippen LogP contribution in [0.25, 0.3) is 0 Å². The topological polar surface area (TPSA) is 116 Å².